The first kappa shape index (κ1) is 17.7. The predicted molar refractivity (Wildman–Crippen MR) is 118 cm³/mol. The summed E-state index contributed by atoms with van der Waals surface area (Å²) in [4.78, 5) is 4.92. The van der Waals surface area contributed by atoms with Crippen LogP contribution < -0.4 is 5.32 Å². The standard InChI is InChI=1S/C24H24N2S/c1-15-6-5-7-18-12-19(8-9-22(15)18)24-26-21(14-27-24)13-20-10-17(3)23(25-4)11-16(20)2/h5-12,14,25H,13H2,1-4H3. The third kappa shape index (κ3) is 3.47. The second kappa shape index (κ2) is 7.16. The monoisotopic (exact) mass is 372 g/mol. The molecule has 0 spiro atoms. The average molecular weight is 373 g/mol. The van der Waals surface area contributed by atoms with Gasteiger partial charge in [-0.25, -0.2) is 4.98 Å². The van der Waals surface area contributed by atoms with E-state index in [4.69, 9.17) is 4.98 Å². The van der Waals surface area contributed by atoms with Crippen LogP contribution in [0.2, 0.25) is 0 Å². The van der Waals surface area contributed by atoms with Crippen LogP contribution in [0.25, 0.3) is 21.3 Å². The average Bonchev–Trinajstić information content (AvgIpc) is 3.13. The molecule has 0 radical (unpaired) electrons. The topological polar surface area (TPSA) is 24.9 Å². The first-order valence-electron chi connectivity index (χ1n) is 9.27. The highest BCUT2D eigenvalue weighted by Crippen LogP contribution is 2.30. The van der Waals surface area contributed by atoms with Crippen molar-refractivity contribution in [2.45, 2.75) is 27.2 Å². The van der Waals surface area contributed by atoms with Crippen LogP contribution >= 0.6 is 11.3 Å². The maximum absolute atomic E-state index is 4.92. The van der Waals surface area contributed by atoms with Gasteiger partial charge < -0.3 is 5.32 Å². The third-order valence-corrected chi connectivity index (χ3v) is 6.16. The van der Waals surface area contributed by atoms with Gasteiger partial charge in [0.25, 0.3) is 0 Å². The van der Waals surface area contributed by atoms with Gasteiger partial charge in [0.15, 0.2) is 0 Å². The summed E-state index contributed by atoms with van der Waals surface area (Å²) >= 11 is 1.73. The molecule has 0 aliphatic heterocycles. The van der Waals surface area contributed by atoms with Crippen molar-refractivity contribution in [2.24, 2.45) is 0 Å². The molecule has 4 rings (SSSR count). The fraction of sp³-hybridized carbons (Fsp3) is 0.208. The summed E-state index contributed by atoms with van der Waals surface area (Å²) < 4.78 is 0. The van der Waals surface area contributed by atoms with Gasteiger partial charge in [-0.1, -0.05) is 36.4 Å². The molecule has 3 heteroatoms. The Hall–Kier alpha value is -2.65. The zero-order chi connectivity index (χ0) is 19.0. The van der Waals surface area contributed by atoms with Gasteiger partial charge in [-0.3, -0.25) is 0 Å². The molecule has 0 aliphatic carbocycles. The highest BCUT2D eigenvalue weighted by atomic mass is 32.1. The zero-order valence-corrected chi connectivity index (χ0v) is 17.1. The van der Waals surface area contributed by atoms with Crippen LogP contribution in [-0.4, -0.2) is 12.0 Å². The molecule has 27 heavy (non-hydrogen) atoms. The highest BCUT2D eigenvalue weighted by molar-refractivity contribution is 7.13. The van der Waals surface area contributed by atoms with Gasteiger partial charge in [-0.2, -0.15) is 0 Å². The molecule has 2 nitrogen and oxygen atoms in total. The summed E-state index contributed by atoms with van der Waals surface area (Å²) in [6.07, 6.45) is 0.875. The summed E-state index contributed by atoms with van der Waals surface area (Å²) in [5.41, 5.74) is 8.77. The van der Waals surface area contributed by atoms with Gasteiger partial charge in [0.05, 0.1) is 5.69 Å². The largest absolute Gasteiger partial charge is 0.388 e. The maximum atomic E-state index is 4.92. The molecule has 0 aliphatic rings. The van der Waals surface area contributed by atoms with E-state index in [1.165, 1.54) is 44.3 Å². The number of hydrogen-bond acceptors (Lipinski definition) is 3. The van der Waals surface area contributed by atoms with Crippen molar-refractivity contribution >= 4 is 27.8 Å². The predicted octanol–water partition coefficient (Wildman–Crippen LogP) is 6.52. The highest BCUT2D eigenvalue weighted by Gasteiger charge is 2.10. The number of thiazole rings is 1. The van der Waals surface area contributed by atoms with Gasteiger partial charge in [0.2, 0.25) is 0 Å². The summed E-state index contributed by atoms with van der Waals surface area (Å²) in [6, 6.07) is 17.6. The zero-order valence-electron chi connectivity index (χ0n) is 16.3. The number of aryl methyl sites for hydroxylation is 3. The Bertz CT molecular complexity index is 1120. The third-order valence-electron chi connectivity index (χ3n) is 5.22. The molecular weight excluding hydrogens is 348 g/mol. The van der Waals surface area contributed by atoms with Gasteiger partial charge in [-0.15, -0.1) is 11.3 Å². The Morgan fingerprint density at radius 2 is 1.78 bits per heavy atom. The second-order valence-corrected chi connectivity index (χ2v) is 8.03. The van der Waals surface area contributed by atoms with Crippen molar-refractivity contribution < 1.29 is 0 Å². The first-order chi connectivity index (χ1) is 13.0. The molecule has 0 saturated carbocycles. The number of anilines is 1. The number of fused-ring (bicyclic) bond motifs is 1. The fourth-order valence-corrected chi connectivity index (χ4v) is 4.45. The summed E-state index contributed by atoms with van der Waals surface area (Å²) in [5, 5.41) is 9.13. The first-order valence-corrected chi connectivity index (χ1v) is 10.1. The Labute approximate surface area is 164 Å². The molecule has 0 saturated heterocycles. The number of benzene rings is 3. The van der Waals surface area contributed by atoms with Crippen LogP contribution in [0.3, 0.4) is 0 Å². The summed E-state index contributed by atoms with van der Waals surface area (Å²) in [6.45, 7) is 6.49. The number of nitrogens with zero attached hydrogens (tertiary/aromatic N) is 1. The van der Waals surface area contributed by atoms with Crippen molar-refractivity contribution in [2.75, 3.05) is 12.4 Å². The fourth-order valence-electron chi connectivity index (χ4n) is 3.63. The van der Waals surface area contributed by atoms with Crippen LogP contribution in [0.5, 0.6) is 0 Å². The summed E-state index contributed by atoms with van der Waals surface area (Å²) in [7, 11) is 1.97. The van der Waals surface area contributed by atoms with E-state index < -0.39 is 0 Å². The smallest absolute Gasteiger partial charge is 0.123 e. The molecule has 0 atom stereocenters. The van der Waals surface area contributed by atoms with Crippen molar-refractivity contribution in [3.8, 4) is 10.6 Å². The number of nitrogens with one attached hydrogen (secondary N) is 1. The van der Waals surface area contributed by atoms with E-state index in [-0.39, 0.29) is 0 Å². The Balaban J connectivity index is 1.63. The van der Waals surface area contributed by atoms with Gasteiger partial charge in [-0.05, 0) is 65.9 Å². The van der Waals surface area contributed by atoms with Crippen molar-refractivity contribution in [1.29, 1.82) is 0 Å². The SMILES string of the molecule is CNc1cc(C)c(Cc2csc(-c3ccc4c(C)cccc4c3)n2)cc1C. The van der Waals surface area contributed by atoms with E-state index in [9.17, 15) is 0 Å². The molecule has 1 N–H and O–H groups in total. The van der Waals surface area contributed by atoms with E-state index in [1.54, 1.807) is 11.3 Å². The quantitative estimate of drug-likeness (QED) is 0.441. The minimum absolute atomic E-state index is 0.875. The molecule has 0 fully saturated rings. The minimum Gasteiger partial charge on any atom is -0.388 e. The molecule has 1 aromatic heterocycles. The van der Waals surface area contributed by atoms with Crippen LogP contribution in [0.15, 0.2) is 53.9 Å². The van der Waals surface area contributed by atoms with Gasteiger partial charge >= 0.3 is 0 Å². The molecular formula is C24H24N2S. The Morgan fingerprint density at radius 1 is 0.926 bits per heavy atom. The number of aromatic nitrogens is 1. The van der Waals surface area contributed by atoms with Crippen molar-refractivity contribution in [3.63, 3.8) is 0 Å². The molecule has 136 valence electrons. The molecule has 4 aromatic rings. The van der Waals surface area contributed by atoms with E-state index in [0.717, 1.165) is 17.1 Å². The van der Waals surface area contributed by atoms with Crippen LogP contribution in [0.1, 0.15) is 27.9 Å². The second-order valence-electron chi connectivity index (χ2n) is 7.18. The molecule has 0 bridgehead atoms. The minimum atomic E-state index is 0.875. The lowest BCUT2D eigenvalue weighted by Crippen LogP contribution is -1.98. The molecule has 3 aromatic carbocycles. The molecule has 0 unspecified atom stereocenters. The Kier molecular flexibility index (Phi) is 4.71. The van der Waals surface area contributed by atoms with E-state index >= 15 is 0 Å². The van der Waals surface area contributed by atoms with Crippen LogP contribution in [0, 0.1) is 20.8 Å². The number of hydrogen-bond donors (Lipinski definition) is 1. The normalized spacial score (nSPS) is 11.1. The lowest BCUT2D eigenvalue weighted by Gasteiger charge is -2.11. The van der Waals surface area contributed by atoms with Crippen molar-refractivity contribution in [3.05, 3.63) is 81.9 Å². The number of rotatable bonds is 4. The van der Waals surface area contributed by atoms with Crippen molar-refractivity contribution in [1.82, 2.24) is 4.98 Å². The lowest BCUT2D eigenvalue weighted by atomic mass is 10.00. The van der Waals surface area contributed by atoms with E-state index in [0.29, 0.717) is 0 Å². The van der Waals surface area contributed by atoms with Gasteiger partial charge in [0, 0.05) is 30.1 Å². The lowest BCUT2D eigenvalue weighted by molar-refractivity contribution is 1.08. The summed E-state index contributed by atoms with van der Waals surface area (Å²) in [5.74, 6) is 0. The van der Waals surface area contributed by atoms with E-state index in [1.807, 2.05) is 7.05 Å². The van der Waals surface area contributed by atoms with Crippen LogP contribution in [-0.2, 0) is 6.42 Å². The molecule has 1 heterocycles. The maximum Gasteiger partial charge on any atom is 0.123 e. The molecule has 0 amide bonds. The van der Waals surface area contributed by atoms with Crippen LogP contribution in [0.4, 0.5) is 5.69 Å². The Morgan fingerprint density at radius 3 is 2.59 bits per heavy atom. The van der Waals surface area contributed by atoms with E-state index in [2.05, 4.69) is 80.0 Å². The van der Waals surface area contributed by atoms with Gasteiger partial charge in [0.1, 0.15) is 5.01 Å².